The van der Waals surface area contributed by atoms with Crippen molar-refractivity contribution in [2.45, 2.75) is 34.1 Å². The third-order valence-electron chi connectivity index (χ3n) is 2.07. The Bertz CT molecular complexity index is 233. The van der Waals surface area contributed by atoms with E-state index < -0.39 is 0 Å². The highest BCUT2D eigenvalue weighted by Crippen LogP contribution is 2.26. The lowest BCUT2D eigenvalue weighted by Crippen LogP contribution is -1.82. The van der Waals surface area contributed by atoms with Gasteiger partial charge in [-0.2, -0.15) is 0 Å². The van der Waals surface area contributed by atoms with E-state index in [1.165, 1.54) is 21.7 Å². The summed E-state index contributed by atoms with van der Waals surface area (Å²) in [5.74, 6) is 0. The normalized spacial score (nSPS) is 10.4. The molecule has 0 saturated carbocycles. The van der Waals surface area contributed by atoms with E-state index in [0.29, 0.717) is 0 Å². The molecule has 0 bridgehead atoms. The molecule has 0 amide bonds. The molecule has 0 unspecified atom stereocenters. The first-order chi connectivity index (χ1) is 4.66. The van der Waals surface area contributed by atoms with Crippen molar-refractivity contribution in [3.63, 3.8) is 0 Å². The van der Waals surface area contributed by atoms with Gasteiger partial charge < -0.3 is 0 Å². The van der Waals surface area contributed by atoms with Crippen LogP contribution in [0.15, 0.2) is 0 Å². The molecule has 1 heterocycles. The van der Waals surface area contributed by atoms with Crippen LogP contribution in [0.4, 0.5) is 0 Å². The Labute approximate surface area is 66.9 Å². The predicted molar refractivity (Wildman–Crippen MR) is 47.9 cm³/mol. The van der Waals surface area contributed by atoms with Crippen molar-refractivity contribution < 1.29 is 0 Å². The van der Waals surface area contributed by atoms with E-state index in [1.54, 1.807) is 5.56 Å². The average Bonchev–Trinajstić information content (AvgIpc) is 2.09. The minimum atomic E-state index is 1.18. The van der Waals surface area contributed by atoms with E-state index in [0.717, 1.165) is 0 Å². The Balaban J connectivity index is 3.20. The van der Waals surface area contributed by atoms with E-state index in [4.69, 9.17) is 0 Å². The summed E-state index contributed by atoms with van der Waals surface area (Å²) in [5.41, 5.74) is 3.06. The SMILES string of the molecule is CCc1c(C)sc(C)c1C. The molecule has 0 spiro atoms. The van der Waals surface area contributed by atoms with E-state index in [-0.39, 0.29) is 0 Å². The Morgan fingerprint density at radius 2 is 1.70 bits per heavy atom. The molecular weight excluding hydrogens is 140 g/mol. The van der Waals surface area contributed by atoms with Crippen LogP contribution in [0, 0.1) is 20.8 Å². The Hall–Kier alpha value is -0.300. The van der Waals surface area contributed by atoms with Gasteiger partial charge >= 0.3 is 0 Å². The maximum absolute atomic E-state index is 2.22. The molecule has 0 aliphatic carbocycles. The summed E-state index contributed by atoms with van der Waals surface area (Å²) in [4.78, 5) is 2.98. The van der Waals surface area contributed by atoms with Crippen LogP contribution in [0.5, 0.6) is 0 Å². The molecule has 0 atom stereocenters. The zero-order valence-corrected chi connectivity index (χ0v) is 7.93. The van der Waals surface area contributed by atoms with Gasteiger partial charge in [0.2, 0.25) is 0 Å². The van der Waals surface area contributed by atoms with Gasteiger partial charge in [-0.1, -0.05) is 6.92 Å². The van der Waals surface area contributed by atoms with Gasteiger partial charge in [0.05, 0.1) is 0 Å². The summed E-state index contributed by atoms with van der Waals surface area (Å²) in [6.45, 7) is 8.86. The van der Waals surface area contributed by atoms with Gasteiger partial charge in [0.15, 0.2) is 0 Å². The van der Waals surface area contributed by atoms with Gasteiger partial charge in [0.1, 0.15) is 0 Å². The Kier molecular flexibility index (Phi) is 2.14. The fourth-order valence-electron chi connectivity index (χ4n) is 1.36. The summed E-state index contributed by atoms with van der Waals surface area (Å²) >= 11 is 1.92. The fourth-order valence-corrected chi connectivity index (χ4v) is 2.51. The van der Waals surface area contributed by atoms with Crippen molar-refractivity contribution in [2.24, 2.45) is 0 Å². The maximum Gasteiger partial charge on any atom is 0.00516 e. The van der Waals surface area contributed by atoms with Crippen LogP contribution in [-0.4, -0.2) is 0 Å². The summed E-state index contributed by atoms with van der Waals surface area (Å²) in [6, 6.07) is 0. The van der Waals surface area contributed by atoms with Crippen molar-refractivity contribution in [2.75, 3.05) is 0 Å². The van der Waals surface area contributed by atoms with Gasteiger partial charge in [-0.3, -0.25) is 0 Å². The standard InChI is InChI=1S/C9H14S/c1-5-9-6(2)7(3)10-8(9)4/h5H2,1-4H3. The molecule has 1 aromatic rings. The Morgan fingerprint density at radius 1 is 1.10 bits per heavy atom. The van der Waals surface area contributed by atoms with Crippen molar-refractivity contribution in [3.05, 3.63) is 20.9 Å². The number of rotatable bonds is 1. The third kappa shape index (κ3) is 1.10. The Morgan fingerprint density at radius 3 is 1.90 bits per heavy atom. The van der Waals surface area contributed by atoms with Crippen molar-refractivity contribution in [3.8, 4) is 0 Å². The largest absolute Gasteiger partial charge is 0.145 e. The first kappa shape index (κ1) is 7.80. The highest BCUT2D eigenvalue weighted by atomic mass is 32.1. The smallest absolute Gasteiger partial charge is 0.00516 e. The van der Waals surface area contributed by atoms with E-state index >= 15 is 0 Å². The number of thiophene rings is 1. The summed E-state index contributed by atoms with van der Waals surface area (Å²) < 4.78 is 0. The lowest BCUT2D eigenvalue weighted by atomic mass is 10.1. The predicted octanol–water partition coefficient (Wildman–Crippen LogP) is 3.24. The highest BCUT2D eigenvalue weighted by Gasteiger charge is 2.05. The van der Waals surface area contributed by atoms with Crippen molar-refractivity contribution in [1.82, 2.24) is 0 Å². The molecule has 0 saturated heterocycles. The lowest BCUT2D eigenvalue weighted by molar-refractivity contribution is 1.10. The second-order valence-electron chi connectivity index (χ2n) is 2.67. The second kappa shape index (κ2) is 2.75. The van der Waals surface area contributed by atoms with Crippen LogP contribution in [0.1, 0.15) is 27.8 Å². The zero-order valence-electron chi connectivity index (χ0n) is 7.12. The molecule has 0 N–H and O–H groups in total. The molecule has 0 fully saturated rings. The van der Waals surface area contributed by atoms with Gasteiger partial charge in [-0.05, 0) is 38.3 Å². The molecule has 0 aliphatic heterocycles. The molecule has 1 rings (SSSR count). The fraction of sp³-hybridized carbons (Fsp3) is 0.556. The molecule has 1 heteroatoms. The minimum absolute atomic E-state index is 1.18. The van der Waals surface area contributed by atoms with Crippen LogP contribution in [-0.2, 0) is 6.42 Å². The number of hydrogen-bond acceptors (Lipinski definition) is 1. The van der Waals surface area contributed by atoms with Crippen LogP contribution in [0.25, 0.3) is 0 Å². The highest BCUT2D eigenvalue weighted by molar-refractivity contribution is 7.12. The summed E-state index contributed by atoms with van der Waals surface area (Å²) in [6.07, 6.45) is 1.18. The van der Waals surface area contributed by atoms with E-state index in [2.05, 4.69) is 27.7 Å². The first-order valence-corrected chi connectivity index (χ1v) is 4.54. The monoisotopic (exact) mass is 154 g/mol. The molecular formula is C9H14S. The molecule has 0 nitrogen and oxygen atoms in total. The van der Waals surface area contributed by atoms with Crippen molar-refractivity contribution >= 4 is 11.3 Å². The van der Waals surface area contributed by atoms with Crippen LogP contribution >= 0.6 is 11.3 Å². The maximum atomic E-state index is 2.22. The molecule has 0 radical (unpaired) electrons. The summed E-state index contributed by atoms with van der Waals surface area (Å²) in [7, 11) is 0. The molecule has 0 aromatic carbocycles. The van der Waals surface area contributed by atoms with Crippen LogP contribution in [0.3, 0.4) is 0 Å². The van der Waals surface area contributed by atoms with Crippen LogP contribution in [0.2, 0.25) is 0 Å². The van der Waals surface area contributed by atoms with E-state index in [1.807, 2.05) is 11.3 Å². The summed E-state index contributed by atoms with van der Waals surface area (Å²) in [5, 5.41) is 0. The van der Waals surface area contributed by atoms with Gasteiger partial charge in [0.25, 0.3) is 0 Å². The van der Waals surface area contributed by atoms with Gasteiger partial charge in [-0.25, -0.2) is 0 Å². The molecule has 56 valence electrons. The molecule has 10 heavy (non-hydrogen) atoms. The second-order valence-corrected chi connectivity index (χ2v) is 4.10. The van der Waals surface area contributed by atoms with Crippen LogP contribution < -0.4 is 0 Å². The number of aryl methyl sites for hydroxylation is 2. The lowest BCUT2D eigenvalue weighted by Gasteiger charge is -1.95. The first-order valence-electron chi connectivity index (χ1n) is 3.72. The average molecular weight is 154 g/mol. The quantitative estimate of drug-likeness (QED) is 0.582. The third-order valence-corrected chi connectivity index (χ3v) is 3.23. The van der Waals surface area contributed by atoms with Gasteiger partial charge in [0, 0.05) is 9.75 Å². The molecule has 0 aliphatic rings. The van der Waals surface area contributed by atoms with Gasteiger partial charge in [-0.15, -0.1) is 11.3 Å². The minimum Gasteiger partial charge on any atom is -0.145 e. The zero-order chi connectivity index (χ0) is 7.72. The molecule has 1 aromatic heterocycles. The topological polar surface area (TPSA) is 0 Å². The van der Waals surface area contributed by atoms with Crippen molar-refractivity contribution in [1.29, 1.82) is 0 Å². The van der Waals surface area contributed by atoms with E-state index in [9.17, 15) is 0 Å². The number of hydrogen-bond donors (Lipinski definition) is 0.